The Bertz CT molecular complexity index is 1190. The first-order valence-corrected chi connectivity index (χ1v) is 10.8. The monoisotopic (exact) mass is 420 g/mol. The number of thiazole rings is 1. The molecule has 0 radical (unpaired) electrons. The number of fused-ring (bicyclic) bond motifs is 1. The molecule has 0 bridgehead atoms. The van der Waals surface area contributed by atoms with Crippen LogP contribution in [0.5, 0.6) is 0 Å². The molecule has 2 aromatic carbocycles. The predicted molar refractivity (Wildman–Crippen MR) is 118 cm³/mol. The van der Waals surface area contributed by atoms with E-state index in [0.717, 1.165) is 39.9 Å². The summed E-state index contributed by atoms with van der Waals surface area (Å²) in [4.78, 5) is 23.6. The van der Waals surface area contributed by atoms with E-state index in [1.54, 1.807) is 12.1 Å². The number of hydrogen-bond acceptors (Lipinski definition) is 4. The standard InChI is InChI=1S/C23H21FN4OS/c1-16-21(22(29)27-13-11-26(12-14-27)19-5-3-2-4-6-19)30-23-25-20(15-28(16)23)17-7-9-18(24)10-8-17/h2-10,15H,11-14H2,1H3. The predicted octanol–water partition coefficient (Wildman–Crippen LogP) is 4.47. The van der Waals surface area contributed by atoms with Gasteiger partial charge in [-0.25, -0.2) is 9.37 Å². The largest absolute Gasteiger partial charge is 0.368 e. The molecule has 152 valence electrons. The first-order chi connectivity index (χ1) is 14.6. The van der Waals surface area contributed by atoms with Gasteiger partial charge in [-0.15, -0.1) is 0 Å². The van der Waals surface area contributed by atoms with Crippen LogP contribution in [-0.4, -0.2) is 46.4 Å². The second-order valence-electron chi connectivity index (χ2n) is 7.42. The highest BCUT2D eigenvalue weighted by Gasteiger charge is 2.26. The van der Waals surface area contributed by atoms with E-state index in [0.29, 0.717) is 13.1 Å². The van der Waals surface area contributed by atoms with Gasteiger partial charge in [-0.1, -0.05) is 29.5 Å². The van der Waals surface area contributed by atoms with Crippen LogP contribution in [0.25, 0.3) is 16.2 Å². The molecular weight excluding hydrogens is 399 g/mol. The van der Waals surface area contributed by atoms with Crippen molar-refractivity contribution >= 4 is 27.9 Å². The van der Waals surface area contributed by atoms with Crippen LogP contribution in [0.4, 0.5) is 10.1 Å². The molecule has 2 aromatic heterocycles. The molecule has 1 aliphatic rings. The first-order valence-electron chi connectivity index (χ1n) is 9.94. The second kappa shape index (κ2) is 7.57. The molecule has 1 fully saturated rings. The van der Waals surface area contributed by atoms with Gasteiger partial charge in [0.15, 0.2) is 4.96 Å². The van der Waals surface area contributed by atoms with Crippen molar-refractivity contribution in [3.63, 3.8) is 0 Å². The number of hydrogen-bond donors (Lipinski definition) is 0. The van der Waals surface area contributed by atoms with Gasteiger partial charge in [0, 0.05) is 49.3 Å². The number of benzene rings is 2. The summed E-state index contributed by atoms with van der Waals surface area (Å²) in [5, 5.41) is 0. The minimum Gasteiger partial charge on any atom is -0.368 e. The van der Waals surface area contributed by atoms with Gasteiger partial charge in [-0.2, -0.15) is 0 Å². The van der Waals surface area contributed by atoms with Crippen LogP contribution in [0.15, 0.2) is 60.8 Å². The van der Waals surface area contributed by atoms with Crippen molar-refractivity contribution in [2.75, 3.05) is 31.1 Å². The number of carbonyl (C=O) groups is 1. The lowest BCUT2D eigenvalue weighted by molar-refractivity contribution is 0.0750. The summed E-state index contributed by atoms with van der Waals surface area (Å²) >= 11 is 1.41. The Hall–Kier alpha value is -3.19. The lowest BCUT2D eigenvalue weighted by Crippen LogP contribution is -2.48. The minimum absolute atomic E-state index is 0.0686. The lowest BCUT2D eigenvalue weighted by atomic mass is 10.2. The highest BCUT2D eigenvalue weighted by atomic mass is 32.1. The summed E-state index contributed by atoms with van der Waals surface area (Å²) in [6, 6.07) is 16.6. The Labute approximate surface area is 178 Å². The van der Waals surface area contributed by atoms with E-state index in [9.17, 15) is 9.18 Å². The van der Waals surface area contributed by atoms with Gasteiger partial charge in [-0.05, 0) is 43.3 Å². The Kier molecular flexibility index (Phi) is 4.75. The number of halogens is 1. The van der Waals surface area contributed by atoms with Gasteiger partial charge >= 0.3 is 0 Å². The molecule has 4 aromatic rings. The fourth-order valence-electron chi connectivity index (χ4n) is 3.86. The Morgan fingerprint density at radius 3 is 2.37 bits per heavy atom. The average Bonchev–Trinajstić information content (AvgIpc) is 3.34. The number of para-hydroxylation sites is 1. The molecule has 1 saturated heterocycles. The number of piperazine rings is 1. The molecule has 1 amide bonds. The van der Waals surface area contributed by atoms with Gasteiger partial charge in [0.1, 0.15) is 10.7 Å². The molecule has 3 heterocycles. The van der Waals surface area contributed by atoms with Crippen molar-refractivity contribution in [1.82, 2.24) is 14.3 Å². The number of amides is 1. The van der Waals surface area contributed by atoms with E-state index in [1.807, 2.05) is 40.6 Å². The maximum absolute atomic E-state index is 13.2. The maximum Gasteiger partial charge on any atom is 0.265 e. The van der Waals surface area contributed by atoms with Crippen LogP contribution in [0.3, 0.4) is 0 Å². The van der Waals surface area contributed by atoms with E-state index in [1.165, 1.54) is 29.2 Å². The number of carbonyl (C=O) groups excluding carboxylic acids is 1. The van der Waals surface area contributed by atoms with Crippen molar-refractivity contribution in [3.8, 4) is 11.3 Å². The zero-order chi connectivity index (χ0) is 20.7. The van der Waals surface area contributed by atoms with Crippen LogP contribution >= 0.6 is 11.3 Å². The minimum atomic E-state index is -0.267. The van der Waals surface area contributed by atoms with Crippen molar-refractivity contribution in [2.45, 2.75) is 6.92 Å². The molecule has 0 atom stereocenters. The van der Waals surface area contributed by atoms with Crippen molar-refractivity contribution in [1.29, 1.82) is 0 Å². The van der Waals surface area contributed by atoms with Crippen molar-refractivity contribution < 1.29 is 9.18 Å². The molecule has 5 nitrogen and oxygen atoms in total. The van der Waals surface area contributed by atoms with Crippen LogP contribution in [-0.2, 0) is 0 Å². The molecular formula is C23H21FN4OS. The number of imidazole rings is 1. The molecule has 0 aliphatic carbocycles. The van der Waals surface area contributed by atoms with Gasteiger partial charge < -0.3 is 9.80 Å². The third-order valence-corrected chi connectivity index (χ3v) is 6.72. The van der Waals surface area contributed by atoms with E-state index in [2.05, 4.69) is 22.0 Å². The quantitative estimate of drug-likeness (QED) is 0.491. The number of rotatable bonds is 3. The molecule has 0 N–H and O–H groups in total. The molecule has 0 unspecified atom stereocenters. The van der Waals surface area contributed by atoms with Gasteiger partial charge in [0.2, 0.25) is 0 Å². The van der Waals surface area contributed by atoms with Gasteiger partial charge in [0.25, 0.3) is 5.91 Å². The first kappa shape index (κ1) is 18.8. The third-order valence-electron chi connectivity index (χ3n) is 5.58. The average molecular weight is 421 g/mol. The van der Waals surface area contributed by atoms with E-state index >= 15 is 0 Å². The number of aromatic nitrogens is 2. The maximum atomic E-state index is 13.2. The number of anilines is 1. The number of nitrogens with zero attached hydrogens (tertiary/aromatic N) is 4. The van der Waals surface area contributed by atoms with Gasteiger partial charge in [0.05, 0.1) is 5.69 Å². The van der Waals surface area contributed by atoms with E-state index in [-0.39, 0.29) is 11.7 Å². The Morgan fingerprint density at radius 2 is 1.70 bits per heavy atom. The van der Waals surface area contributed by atoms with Crippen molar-refractivity contribution in [2.24, 2.45) is 0 Å². The van der Waals surface area contributed by atoms with Crippen LogP contribution in [0.2, 0.25) is 0 Å². The summed E-state index contributed by atoms with van der Waals surface area (Å²) in [6.45, 7) is 5.01. The normalized spacial score (nSPS) is 14.5. The van der Waals surface area contributed by atoms with Crippen LogP contribution in [0, 0.1) is 12.7 Å². The van der Waals surface area contributed by atoms with E-state index < -0.39 is 0 Å². The zero-order valence-electron chi connectivity index (χ0n) is 16.6. The third kappa shape index (κ3) is 3.35. The van der Waals surface area contributed by atoms with Crippen LogP contribution in [0.1, 0.15) is 15.4 Å². The summed E-state index contributed by atoms with van der Waals surface area (Å²) in [5.41, 5.74) is 3.73. The second-order valence-corrected chi connectivity index (χ2v) is 8.39. The summed E-state index contributed by atoms with van der Waals surface area (Å²) in [7, 11) is 0. The molecule has 0 spiro atoms. The zero-order valence-corrected chi connectivity index (χ0v) is 17.4. The summed E-state index contributed by atoms with van der Waals surface area (Å²) < 4.78 is 15.1. The summed E-state index contributed by atoms with van der Waals surface area (Å²) in [6.07, 6.45) is 1.92. The van der Waals surface area contributed by atoms with E-state index in [4.69, 9.17) is 0 Å². The molecule has 5 rings (SSSR count). The topological polar surface area (TPSA) is 40.9 Å². The number of aryl methyl sites for hydroxylation is 1. The highest BCUT2D eigenvalue weighted by molar-refractivity contribution is 7.19. The molecule has 7 heteroatoms. The molecule has 1 aliphatic heterocycles. The SMILES string of the molecule is Cc1c(C(=O)N2CCN(c3ccccc3)CC2)sc2nc(-c3ccc(F)cc3)cn12. The fraction of sp³-hybridized carbons (Fsp3) is 0.217. The fourth-order valence-corrected chi connectivity index (χ4v) is 4.94. The Morgan fingerprint density at radius 1 is 1.00 bits per heavy atom. The van der Waals surface area contributed by atoms with Gasteiger partial charge in [-0.3, -0.25) is 9.20 Å². The lowest BCUT2D eigenvalue weighted by Gasteiger charge is -2.36. The smallest absolute Gasteiger partial charge is 0.265 e. The Balaban J connectivity index is 1.33. The highest BCUT2D eigenvalue weighted by Crippen LogP contribution is 2.28. The van der Waals surface area contributed by atoms with Crippen molar-refractivity contribution in [3.05, 3.63) is 77.2 Å². The molecule has 0 saturated carbocycles. The van der Waals surface area contributed by atoms with Crippen LogP contribution < -0.4 is 4.90 Å². The molecule has 30 heavy (non-hydrogen) atoms. The summed E-state index contributed by atoms with van der Waals surface area (Å²) in [5.74, 6) is -0.199.